The lowest BCUT2D eigenvalue weighted by atomic mass is 10.2. The number of amidine groups is 1. The van der Waals surface area contributed by atoms with Gasteiger partial charge < -0.3 is 10.4 Å². The molecule has 116 valence electrons. The maximum Gasteiger partial charge on any atom is 0.305 e. The van der Waals surface area contributed by atoms with Crippen LogP contribution < -0.4 is 5.32 Å². The molecule has 0 aromatic heterocycles. The van der Waals surface area contributed by atoms with E-state index in [0.717, 1.165) is 11.8 Å². The number of nitrogens with zero attached hydrogens (tertiary/aromatic N) is 2. The number of carboxylic acids is 1. The first-order chi connectivity index (χ1) is 10.4. The van der Waals surface area contributed by atoms with Crippen molar-refractivity contribution in [2.75, 3.05) is 0 Å². The van der Waals surface area contributed by atoms with Gasteiger partial charge in [0.25, 0.3) is 0 Å². The van der Waals surface area contributed by atoms with Gasteiger partial charge in [0.15, 0.2) is 5.17 Å². The van der Waals surface area contributed by atoms with Gasteiger partial charge in [0.2, 0.25) is 5.91 Å². The number of thioether (sulfide) groups is 1. The summed E-state index contributed by atoms with van der Waals surface area (Å²) in [6.07, 6.45) is 1.12. The highest BCUT2D eigenvalue weighted by Crippen LogP contribution is 2.29. The van der Waals surface area contributed by atoms with Crippen molar-refractivity contribution in [2.45, 2.75) is 11.7 Å². The van der Waals surface area contributed by atoms with Gasteiger partial charge in [-0.25, -0.2) is 0 Å². The Morgan fingerprint density at radius 1 is 1.50 bits per heavy atom. The molecule has 2 rings (SSSR count). The molecule has 6 nitrogen and oxygen atoms in total. The first-order valence-corrected chi connectivity index (χ1v) is 8.24. The largest absolute Gasteiger partial charge is 0.481 e. The molecule has 0 saturated carbocycles. The molecule has 1 aromatic rings. The molecular weight excluding hydrogens is 417 g/mol. The molecule has 1 heterocycles. The summed E-state index contributed by atoms with van der Waals surface area (Å²) in [7, 11) is 0. The van der Waals surface area contributed by atoms with Crippen molar-refractivity contribution in [1.29, 1.82) is 0 Å². The molecule has 1 aliphatic rings. The van der Waals surface area contributed by atoms with E-state index in [2.05, 4.69) is 31.4 Å². The van der Waals surface area contributed by atoms with Crippen LogP contribution in [0.15, 0.2) is 26.8 Å². The normalized spacial score (nSPS) is 19.9. The minimum Gasteiger partial charge on any atom is -0.481 e. The first kappa shape index (κ1) is 17.3. The van der Waals surface area contributed by atoms with Gasteiger partial charge in [-0.3, -0.25) is 9.59 Å². The van der Waals surface area contributed by atoms with E-state index in [9.17, 15) is 9.59 Å². The Morgan fingerprint density at radius 2 is 2.23 bits per heavy atom. The Morgan fingerprint density at radius 3 is 2.91 bits per heavy atom. The van der Waals surface area contributed by atoms with E-state index >= 15 is 0 Å². The summed E-state index contributed by atoms with van der Waals surface area (Å²) in [6, 6.07) is 3.27. The van der Waals surface area contributed by atoms with Gasteiger partial charge in [-0.2, -0.15) is 5.10 Å². The molecule has 0 bridgehead atoms. The second-order valence-corrected chi connectivity index (χ2v) is 6.99. The Hall–Kier alpha value is -1.09. The summed E-state index contributed by atoms with van der Waals surface area (Å²) >= 11 is 16.3. The van der Waals surface area contributed by atoms with Gasteiger partial charge in [-0.15, -0.1) is 5.10 Å². The highest BCUT2D eigenvalue weighted by atomic mass is 79.9. The van der Waals surface area contributed by atoms with Crippen LogP contribution in [0, 0.1) is 0 Å². The summed E-state index contributed by atoms with van der Waals surface area (Å²) < 4.78 is 0.626. The number of hydrogen-bond acceptors (Lipinski definition) is 5. The second kappa shape index (κ2) is 7.45. The van der Waals surface area contributed by atoms with Crippen molar-refractivity contribution in [1.82, 2.24) is 5.32 Å². The van der Waals surface area contributed by atoms with E-state index < -0.39 is 17.1 Å². The number of halogens is 3. The van der Waals surface area contributed by atoms with Crippen LogP contribution >= 0.6 is 50.9 Å². The van der Waals surface area contributed by atoms with Gasteiger partial charge in [0.05, 0.1) is 17.7 Å². The van der Waals surface area contributed by atoms with Gasteiger partial charge in [-0.05, 0) is 28.1 Å². The monoisotopic (exact) mass is 423 g/mol. The Bertz CT molecular complexity index is 696. The van der Waals surface area contributed by atoms with Crippen molar-refractivity contribution in [3.8, 4) is 0 Å². The highest BCUT2D eigenvalue weighted by Gasteiger charge is 2.32. The molecule has 1 aliphatic heterocycles. The van der Waals surface area contributed by atoms with Gasteiger partial charge in [-0.1, -0.05) is 35.0 Å². The quantitative estimate of drug-likeness (QED) is 0.441. The van der Waals surface area contributed by atoms with Crippen LogP contribution in [-0.4, -0.2) is 33.6 Å². The van der Waals surface area contributed by atoms with Crippen LogP contribution in [0.5, 0.6) is 0 Å². The fraction of sp³-hybridized carbons (Fsp3) is 0.167. The summed E-state index contributed by atoms with van der Waals surface area (Å²) in [5.41, 5.74) is 0.557. The Balaban J connectivity index is 2.09. The van der Waals surface area contributed by atoms with E-state index in [0.29, 0.717) is 20.1 Å². The third-order valence-corrected chi connectivity index (χ3v) is 5.07. The molecule has 0 aliphatic carbocycles. The SMILES string of the molecule is O=C(O)CC1SC(=NN=Cc2cc(Cl)cc(Br)c2Cl)NC1=O. The lowest BCUT2D eigenvalue weighted by molar-refractivity contribution is -0.138. The fourth-order valence-electron chi connectivity index (χ4n) is 1.56. The molecule has 1 aromatic carbocycles. The van der Waals surface area contributed by atoms with Crippen LogP contribution in [-0.2, 0) is 9.59 Å². The Kier molecular flexibility index (Phi) is 5.85. The minimum atomic E-state index is -1.05. The lowest BCUT2D eigenvalue weighted by Gasteiger charge is -2.01. The number of carbonyl (C=O) groups is 2. The molecule has 0 radical (unpaired) electrons. The van der Waals surface area contributed by atoms with Crippen LogP contribution in [0.25, 0.3) is 0 Å². The summed E-state index contributed by atoms with van der Waals surface area (Å²) in [5, 5.41) is 19.3. The molecule has 2 N–H and O–H groups in total. The van der Waals surface area contributed by atoms with Crippen molar-refractivity contribution in [3.63, 3.8) is 0 Å². The van der Waals surface area contributed by atoms with E-state index in [4.69, 9.17) is 28.3 Å². The van der Waals surface area contributed by atoms with E-state index in [1.807, 2.05) is 0 Å². The topological polar surface area (TPSA) is 91.1 Å². The maximum absolute atomic E-state index is 11.5. The zero-order valence-corrected chi connectivity index (χ0v) is 14.6. The predicted molar refractivity (Wildman–Crippen MR) is 91.0 cm³/mol. The van der Waals surface area contributed by atoms with Gasteiger partial charge in [0, 0.05) is 15.1 Å². The zero-order chi connectivity index (χ0) is 16.3. The molecule has 0 spiro atoms. The zero-order valence-electron chi connectivity index (χ0n) is 10.7. The highest BCUT2D eigenvalue weighted by molar-refractivity contribution is 9.10. The second-order valence-electron chi connectivity index (χ2n) is 4.13. The van der Waals surface area contributed by atoms with Crippen molar-refractivity contribution < 1.29 is 14.7 Å². The third kappa shape index (κ3) is 4.45. The summed E-state index contributed by atoms with van der Waals surface area (Å²) in [5.74, 6) is -1.45. The molecule has 1 amide bonds. The molecule has 10 heteroatoms. The molecule has 1 unspecified atom stereocenters. The summed E-state index contributed by atoms with van der Waals surface area (Å²) in [6.45, 7) is 0. The number of amides is 1. The van der Waals surface area contributed by atoms with E-state index in [1.54, 1.807) is 12.1 Å². The van der Waals surface area contributed by atoms with Gasteiger partial charge in [0.1, 0.15) is 5.25 Å². The van der Waals surface area contributed by atoms with Crippen LogP contribution in [0.3, 0.4) is 0 Å². The van der Waals surface area contributed by atoms with Crippen LogP contribution in [0.4, 0.5) is 0 Å². The number of nitrogens with one attached hydrogen (secondary N) is 1. The predicted octanol–water partition coefficient (Wildman–Crippen LogP) is 3.15. The minimum absolute atomic E-state index is 0.240. The number of aliphatic carboxylic acids is 1. The number of benzene rings is 1. The van der Waals surface area contributed by atoms with E-state index in [-0.39, 0.29) is 11.6 Å². The molecule has 1 fully saturated rings. The maximum atomic E-state index is 11.5. The molecular formula is C12H8BrCl2N3O3S. The van der Waals surface area contributed by atoms with Gasteiger partial charge >= 0.3 is 5.97 Å². The molecule has 22 heavy (non-hydrogen) atoms. The lowest BCUT2D eigenvalue weighted by Crippen LogP contribution is -2.26. The van der Waals surface area contributed by atoms with E-state index in [1.165, 1.54) is 6.21 Å². The molecule has 1 atom stereocenters. The number of rotatable bonds is 4. The first-order valence-electron chi connectivity index (χ1n) is 5.81. The smallest absolute Gasteiger partial charge is 0.305 e. The number of carbonyl (C=O) groups excluding carboxylic acids is 1. The Labute approximate surface area is 148 Å². The van der Waals surface area contributed by atoms with Crippen molar-refractivity contribution in [2.24, 2.45) is 10.2 Å². The third-order valence-electron chi connectivity index (χ3n) is 2.50. The standard InChI is InChI=1S/C12H8BrCl2N3O3S/c13-7-2-6(14)1-5(10(7)15)4-16-18-12-17-11(21)8(22-12)3-9(19)20/h1-2,4,8H,3H2,(H,19,20)(H,17,18,21). The summed E-state index contributed by atoms with van der Waals surface area (Å²) in [4.78, 5) is 22.1. The fourth-order valence-corrected chi connectivity index (χ4v) is 3.47. The average Bonchev–Trinajstić information content (AvgIpc) is 2.75. The molecule has 1 saturated heterocycles. The number of carboxylic acid groups (broad SMARTS) is 1. The van der Waals surface area contributed by atoms with Crippen LogP contribution in [0.1, 0.15) is 12.0 Å². The number of hydrogen-bond donors (Lipinski definition) is 2. The van der Waals surface area contributed by atoms with Crippen molar-refractivity contribution in [3.05, 3.63) is 32.2 Å². The van der Waals surface area contributed by atoms with Crippen molar-refractivity contribution >= 4 is 74.2 Å². The van der Waals surface area contributed by atoms with Crippen LogP contribution in [0.2, 0.25) is 10.0 Å². The average molecular weight is 425 g/mol.